The van der Waals surface area contributed by atoms with Gasteiger partial charge in [0.1, 0.15) is 0 Å². The van der Waals surface area contributed by atoms with Crippen LogP contribution in [0.5, 0.6) is 0 Å². The number of benzene rings is 1. The lowest BCUT2D eigenvalue weighted by atomic mass is 9.73. The number of nitrogens with two attached hydrogens (primary N) is 1. The van der Waals surface area contributed by atoms with Gasteiger partial charge in [0.2, 0.25) is 0 Å². The van der Waals surface area contributed by atoms with Crippen LogP contribution in [-0.2, 0) is 0 Å². The fourth-order valence-electron chi connectivity index (χ4n) is 2.74. The summed E-state index contributed by atoms with van der Waals surface area (Å²) in [6.45, 7) is 4.39. The van der Waals surface area contributed by atoms with Crippen molar-refractivity contribution in [1.29, 1.82) is 0 Å². The van der Waals surface area contributed by atoms with E-state index in [4.69, 9.17) is 28.9 Å². The van der Waals surface area contributed by atoms with Crippen molar-refractivity contribution in [2.75, 3.05) is 5.73 Å². The molecule has 0 aliphatic heterocycles. The Hall–Kier alpha value is -0.930. The van der Waals surface area contributed by atoms with Crippen molar-refractivity contribution in [3.63, 3.8) is 0 Å². The van der Waals surface area contributed by atoms with Gasteiger partial charge in [0.05, 0.1) is 15.7 Å². The monoisotopic (exact) mass is 314 g/mol. The number of carbonyl (C=O) groups is 1. The number of hydrogen-bond acceptors (Lipinski definition) is 2. The lowest BCUT2D eigenvalue weighted by Crippen LogP contribution is -2.46. The summed E-state index contributed by atoms with van der Waals surface area (Å²) in [6, 6.07) is 3.31. The summed E-state index contributed by atoms with van der Waals surface area (Å²) in [5.41, 5.74) is 6.65. The minimum atomic E-state index is -0.143. The van der Waals surface area contributed by atoms with Crippen LogP contribution >= 0.6 is 23.2 Å². The molecular formula is C15H20Cl2N2O. The third-order valence-electron chi connectivity index (χ3n) is 4.13. The zero-order valence-electron chi connectivity index (χ0n) is 11.8. The van der Waals surface area contributed by atoms with Crippen molar-refractivity contribution >= 4 is 34.8 Å². The molecule has 110 valence electrons. The smallest absolute Gasteiger partial charge is 0.251 e. The molecule has 3 N–H and O–H groups in total. The molecule has 0 saturated heterocycles. The minimum absolute atomic E-state index is 0.121. The second-order valence-electron chi connectivity index (χ2n) is 6.12. The van der Waals surface area contributed by atoms with Crippen LogP contribution in [0.1, 0.15) is 49.9 Å². The minimum Gasteiger partial charge on any atom is -0.397 e. The first kappa shape index (κ1) is 15.5. The average Bonchev–Trinajstić information content (AvgIpc) is 2.37. The number of carbonyl (C=O) groups excluding carboxylic acids is 1. The highest BCUT2D eigenvalue weighted by atomic mass is 35.5. The largest absolute Gasteiger partial charge is 0.397 e. The van der Waals surface area contributed by atoms with Crippen molar-refractivity contribution in [1.82, 2.24) is 5.32 Å². The number of nitrogens with one attached hydrogen (secondary N) is 1. The van der Waals surface area contributed by atoms with Gasteiger partial charge in [-0.25, -0.2) is 0 Å². The van der Waals surface area contributed by atoms with Crippen molar-refractivity contribution in [3.8, 4) is 0 Å². The maximum Gasteiger partial charge on any atom is 0.251 e. The second kappa shape index (κ2) is 5.82. The normalized spacial score (nSPS) is 21.5. The summed E-state index contributed by atoms with van der Waals surface area (Å²) in [7, 11) is 0. The fraction of sp³-hybridized carbons (Fsp3) is 0.533. The number of amides is 1. The second-order valence-corrected chi connectivity index (χ2v) is 6.91. The molecule has 1 saturated carbocycles. The molecule has 1 fully saturated rings. The van der Waals surface area contributed by atoms with Gasteiger partial charge in [0, 0.05) is 11.6 Å². The maximum atomic E-state index is 12.3. The molecule has 2 rings (SSSR count). The van der Waals surface area contributed by atoms with E-state index in [0.29, 0.717) is 21.3 Å². The zero-order valence-corrected chi connectivity index (χ0v) is 13.3. The maximum absolute atomic E-state index is 12.3. The third kappa shape index (κ3) is 3.21. The SMILES string of the molecule is CC1(C)CCCCC1NC(=O)c1cc(N)c(Cl)c(Cl)c1. The van der Waals surface area contributed by atoms with Gasteiger partial charge in [-0.3, -0.25) is 4.79 Å². The van der Waals surface area contributed by atoms with Crippen LogP contribution in [0.25, 0.3) is 0 Å². The van der Waals surface area contributed by atoms with E-state index in [0.717, 1.165) is 19.3 Å². The Bertz CT molecular complexity index is 506. The van der Waals surface area contributed by atoms with Crippen molar-refractivity contribution in [3.05, 3.63) is 27.7 Å². The highest BCUT2D eigenvalue weighted by Crippen LogP contribution is 2.36. The molecule has 1 aromatic rings. The molecule has 0 spiro atoms. The first-order chi connectivity index (χ1) is 9.31. The molecule has 1 amide bonds. The van der Waals surface area contributed by atoms with E-state index < -0.39 is 0 Å². The van der Waals surface area contributed by atoms with Crippen LogP contribution < -0.4 is 11.1 Å². The van der Waals surface area contributed by atoms with Gasteiger partial charge in [-0.05, 0) is 30.4 Å². The first-order valence-electron chi connectivity index (χ1n) is 6.86. The molecule has 1 unspecified atom stereocenters. The zero-order chi connectivity index (χ0) is 14.9. The highest BCUT2D eigenvalue weighted by Gasteiger charge is 2.33. The van der Waals surface area contributed by atoms with E-state index in [2.05, 4.69) is 19.2 Å². The van der Waals surface area contributed by atoms with E-state index in [1.807, 2.05) is 0 Å². The van der Waals surface area contributed by atoms with Gasteiger partial charge in [-0.2, -0.15) is 0 Å². The Morgan fingerprint density at radius 1 is 1.35 bits per heavy atom. The molecule has 0 aromatic heterocycles. The molecule has 0 radical (unpaired) electrons. The van der Waals surface area contributed by atoms with Crippen LogP contribution in [-0.4, -0.2) is 11.9 Å². The van der Waals surface area contributed by atoms with Crippen LogP contribution in [0, 0.1) is 5.41 Å². The summed E-state index contributed by atoms with van der Waals surface area (Å²) >= 11 is 11.9. The van der Waals surface area contributed by atoms with Gasteiger partial charge in [0.15, 0.2) is 0 Å². The summed E-state index contributed by atoms with van der Waals surface area (Å²) in [5, 5.41) is 3.70. The van der Waals surface area contributed by atoms with Gasteiger partial charge < -0.3 is 11.1 Å². The molecule has 1 aromatic carbocycles. The van der Waals surface area contributed by atoms with Gasteiger partial charge in [0.25, 0.3) is 5.91 Å². The Morgan fingerprint density at radius 3 is 2.65 bits per heavy atom. The lowest BCUT2D eigenvalue weighted by Gasteiger charge is -2.39. The van der Waals surface area contributed by atoms with E-state index in [1.165, 1.54) is 6.42 Å². The predicted molar refractivity (Wildman–Crippen MR) is 84.4 cm³/mol. The molecule has 3 nitrogen and oxygen atoms in total. The molecular weight excluding hydrogens is 295 g/mol. The van der Waals surface area contributed by atoms with E-state index >= 15 is 0 Å². The average molecular weight is 315 g/mol. The molecule has 1 aliphatic rings. The highest BCUT2D eigenvalue weighted by molar-refractivity contribution is 6.43. The molecule has 20 heavy (non-hydrogen) atoms. The number of nitrogen functional groups attached to an aromatic ring is 1. The number of halogens is 2. The summed E-state index contributed by atoms with van der Waals surface area (Å²) in [6.07, 6.45) is 4.51. The molecule has 5 heteroatoms. The standard InChI is InChI=1S/C15H20Cl2N2O/c1-15(2)6-4-3-5-12(15)19-14(20)9-7-10(16)13(17)11(18)8-9/h7-8,12H,3-6,18H2,1-2H3,(H,19,20). The van der Waals surface area contributed by atoms with E-state index in [9.17, 15) is 4.79 Å². The Morgan fingerprint density at radius 2 is 2.05 bits per heavy atom. The van der Waals surface area contributed by atoms with E-state index in [1.54, 1.807) is 12.1 Å². The number of anilines is 1. The van der Waals surface area contributed by atoms with Gasteiger partial charge in [-0.1, -0.05) is 49.9 Å². The topological polar surface area (TPSA) is 55.1 Å². The van der Waals surface area contributed by atoms with Gasteiger partial charge >= 0.3 is 0 Å². The van der Waals surface area contributed by atoms with Gasteiger partial charge in [-0.15, -0.1) is 0 Å². The Labute approximate surface area is 129 Å². The van der Waals surface area contributed by atoms with Crippen LogP contribution in [0.3, 0.4) is 0 Å². The molecule has 1 aliphatic carbocycles. The van der Waals surface area contributed by atoms with Crippen molar-refractivity contribution in [2.45, 2.75) is 45.6 Å². The lowest BCUT2D eigenvalue weighted by molar-refractivity contribution is 0.0853. The summed E-state index contributed by atoms with van der Waals surface area (Å²) < 4.78 is 0. The molecule has 1 atom stereocenters. The summed E-state index contributed by atoms with van der Waals surface area (Å²) in [5.74, 6) is -0.143. The molecule has 0 heterocycles. The Balaban J connectivity index is 2.16. The van der Waals surface area contributed by atoms with E-state index in [-0.39, 0.29) is 17.4 Å². The van der Waals surface area contributed by atoms with Crippen LogP contribution in [0.2, 0.25) is 10.0 Å². The van der Waals surface area contributed by atoms with Crippen molar-refractivity contribution in [2.24, 2.45) is 5.41 Å². The van der Waals surface area contributed by atoms with Crippen LogP contribution in [0.15, 0.2) is 12.1 Å². The molecule has 0 bridgehead atoms. The number of hydrogen-bond donors (Lipinski definition) is 2. The third-order valence-corrected chi connectivity index (χ3v) is 4.95. The Kier molecular flexibility index (Phi) is 4.50. The summed E-state index contributed by atoms with van der Waals surface area (Å²) in [4.78, 5) is 12.3. The van der Waals surface area contributed by atoms with Crippen LogP contribution in [0.4, 0.5) is 5.69 Å². The van der Waals surface area contributed by atoms with Crippen molar-refractivity contribution < 1.29 is 4.79 Å². The quantitative estimate of drug-likeness (QED) is 0.801. The first-order valence-corrected chi connectivity index (χ1v) is 7.62. The number of rotatable bonds is 2. The predicted octanol–water partition coefficient (Wildman–Crippen LogP) is 4.27. The fourth-order valence-corrected chi connectivity index (χ4v) is 3.08.